The number of nitrogens with zero attached hydrogens (tertiary/aromatic N) is 5. The molecule has 0 unspecified atom stereocenters. The number of esters is 3. The maximum absolute atomic E-state index is 15.3. The van der Waals surface area contributed by atoms with Crippen LogP contribution in [0.25, 0.3) is 10.9 Å². The molecule has 15 nitrogen and oxygen atoms in total. The zero-order valence-electron chi connectivity index (χ0n) is 42.6. The van der Waals surface area contributed by atoms with Gasteiger partial charge in [0.25, 0.3) is 0 Å². The van der Waals surface area contributed by atoms with Gasteiger partial charge in [0.15, 0.2) is 6.10 Å². The van der Waals surface area contributed by atoms with Crippen molar-refractivity contribution in [2.24, 2.45) is 11.3 Å². The van der Waals surface area contributed by atoms with Gasteiger partial charge in [-0.1, -0.05) is 56.3 Å². The third-order valence-corrected chi connectivity index (χ3v) is 19.3. The summed E-state index contributed by atoms with van der Waals surface area (Å²) in [5.74, 6) is -1.56. The molecule has 10 atom stereocenters. The van der Waals surface area contributed by atoms with Crippen LogP contribution in [-0.2, 0) is 45.8 Å². The van der Waals surface area contributed by atoms with Gasteiger partial charge in [0, 0.05) is 103 Å². The van der Waals surface area contributed by atoms with Gasteiger partial charge in [0.05, 0.1) is 33.0 Å². The van der Waals surface area contributed by atoms with E-state index >= 15 is 4.79 Å². The van der Waals surface area contributed by atoms with Gasteiger partial charge in [0.2, 0.25) is 5.60 Å². The first-order valence-corrected chi connectivity index (χ1v) is 27.5. The molecule has 5 aromatic rings. The molecule has 2 bridgehead atoms. The number of nitrogens with one attached hydrogen (secondary N) is 1. The van der Waals surface area contributed by atoms with Gasteiger partial charge in [-0.2, -0.15) is 0 Å². The molecule has 8 heterocycles. The van der Waals surface area contributed by atoms with E-state index in [9.17, 15) is 19.8 Å². The maximum Gasteiger partial charge on any atom is 0.344 e. The van der Waals surface area contributed by atoms with Crippen LogP contribution in [0.2, 0.25) is 0 Å². The van der Waals surface area contributed by atoms with Crippen LogP contribution >= 0.6 is 21.6 Å². The molecule has 11 rings (SSSR count). The Labute approximate surface area is 434 Å². The van der Waals surface area contributed by atoms with Crippen LogP contribution in [0.1, 0.15) is 75.3 Å². The number of hydrogen-bond donors (Lipinski definition) is 3. The molecule has 3 N–H and O–H groups in total. The number of likely N-dealkylation sites (N-methyl/N-ethyl adjacent to an activating group) is 1. The number of fused-ring (bicyclic) bond motifs is 6. The van der Waals surface area contributed by atoms with E-state index < -0.39 is 57.5 Å². The monoisotopic (exact) mass is 1030 g/mol. The number of para-hydroxylation sites is 1. The zero-order chi connectivity index (χ0) is 51.5. The topological polar surface area (TPSA) is 180 Å². The SMILES string of the molecule is CC[C@]1(O)C[C@@H]2C[N@@](CCc3c([nH]c4ccccc34)[C@@](C(=O)OC)(c3cc4c(cc3OC)N(C)[C@H]3[C@@](O)(C(=O)OC)[C@H](OC(C)=O)[C@]5(CC)C=CCN6CC[C@]43[C@@H]65)C2)C1.c1ccc(SSc2ccccn2)nc1. The molecule has 0 radical (unpaired) electrons. The van der Waals surface area contributed by atoms with Crippen molar-refractivity contribution in [3.63, 3.8) is 0 Å². The Balaban J connectivity index is 0.000000376. The summed E-state index contributed by atoms with van der Waals surface area (Å²) in [5.41, 5.74) is -1.62. The summed E-state index contributed by atoms with van der Waals surface area (Å²) in [7, 11) is 9.39. The molecule has 0 amide bonds. The van der Waals surface area contributed by atoms with E-state index in [4.69, 9.17) is 18.9 Å². The van der Waals surface area contributed by atoms with E-state index in [1.807, 2.05) is 86.5 Å². The largest absolute Gasteiger partial charge is 0.496 e. The van der Waals surface area contributed by atoms with E-state index in [1.165, 1.54) is 21.1 Å². The summed E-state index contributed by atoms with van der Waals surface area (Å²) in [6.07, 6.45) is 9.53. The van der Waals surface area contributed by atoms with E-state index in [2.05, 4.69) is 49.0 Å². The summed E-state index contributed by atoms with van der Waals surface area (Å²) < 4.78 is 23.9. The van der Waals surface area contributed by atoms with Gasteiger partial charge in [-0.3, -0.25) is 19.4 Å². The number of methoxy groups -OCH3 is 3. The Kier molecular flexibility index (Phi) is 13.8. The van der Waals surface area contributed by atoms with Crippen LogP contribution in [0.3, 0.4) is 0 Å². The van der Waals surface area contributed by atoms with Crippen molar-refractivity contribution in [2.75, 3.05) is 66.0 Å². The molecule has 1 spiro atoms. The highest BCUT2D eigenvalue weighted by Crippen LogP contribution is 2.68. The first-order chi connectivity index (χ1) is 35.2. The van der Waals surface area contributed by atoms with Crippen molar-refractivity contribution in [3.8, 4) is 5.75 Å². The second-order valence-electron chi connectivity index (χ2n) is 20.7. The first-order valence-electron chi connectivity index (χ1n) is 25.3. The number of piperidine rings is 1. The normalized spacial score (nSPS) is 31.8. The predicted octanol–water partition coefficient (Wildman–Crippen LogP) is 7.27. The van der Waals surface area contributed by atoms with E-state index in [0.29, 0.717) is 82.6 Å². The number of rotatable bonds is 10. The number of pyridine rings is 2. The third kappa shape index (κ3) is 8.06. The quantitative estimate of drug-likeness (QED) is 0.0550. The van der Waals surface area contributed by atoms with Crippen molar-refractivity contribution in [1.29, 1.82) is 0 Å². The third-order valence-electron chi connectivity index (χ3n) is 17.1. The lowest BCUT2D eigenvalue weighted by Gasteiger charge is -2.63. The Morgan fingerprint density at radius 1 is 0.849 bits per heavy atom. The summed E-state index contributed by atoms with van der Waals surface area (Å²) in [6, 6.07) is 22.7. The molecule has 5 aliphatic heterocycles. The van der Waals surface area contributed by atoms with Crippen LogP contribution in [0, 0.1) is 11.3 Å². The lowest BCUT2D eigenvalue weighted by atomic mass is 9.47. The standard InChI is InChI=1S/C46H58N4O9.C10H8N2S2/c1-8-42(54)23-28-24-45(40(52)57-6,36-30(15-19-49(25-28)26-42)29-13-10-11-14-33(29)47-36)32-21-31-34(22-35(32)56-5)48(4)38-44(31)17-20-50-18-12-16-43(9-2,37(44)50)39(59-27(3)51)46(38,55)41(53)58-7;1-3-7-11-9(5-1)13-14-10-6-2-4-8-12-10/h10-14,16,21-22,28,37-39,47,54-55H,8-9,15,17-20,23-26H2,1-7H3;1-8H/t28-,37-,38+,39+,42-,43+,44+,45-,46-;/m0./s1. The van der Waals surface area contributed by atoms with Gasteiger partial charge in [-0.05, 0) is 120 Å². The highest BCUT2D eigenvalue weighted by molar-refractivity contribution is 8.76. The molecule has 2 aromatic carbocycles. The van der Waals surface area contributed by atoms with Crippen molar-refractivity contribution in [1.82, 2.24) is 24.8 Å². The lowest BCUT2D eigenvalue weighted by Crippen LogP contribution is -2.81. The first kappa shape index (κ1) is 51.1. The average Bonchev–Trinajstić information content (AvgIpc) is 4.08. The number of benzene rings is 2. The number of H-pyrrole nitrogens is 1. The van der Waals surface area contributed by atoms with Crippen molar-refractivity contribution in [3.05, 3.63) is 120 Å². The van der Waals surface area contributed by atoms with Crippen LogP contribution in [0.4, 0.5) is 5.69 Å². The van der Waals surface area contributed by atoms with Crippen LogP contribution in [0.15, 0.2) is 107 Å². The molecular formula is C56H66N6O9S2. The van der Waals surface area contributed by atoms with Crippen molar-refractivity contribution >= 4 is 56.1 Å². The molecule has 17 heteroatoms. The number of carbonyl (C=O) groups is 3. The summed E-state index contributed by atoms with van der Waals surface area (Å²) in [6.45, 7) is 8.62. The van der Waals surface area contributed by atoms with Crippen LogP contribution < -0.4 is 9.64 Å². The fourth-order valence-electron chi connectivity index (χ4n) is 14.4. The Bertz CT molecular complexity index is 2890. The second kappa shape index (κ2) is 19.7. The van der Waals surface area contributed by atoms with Gasteiger partial charge < -0.3 is 39.0 Å². The molecule has 6 aliphatic rings. The number of aromatic nitrogens is 3. The molecule has 73 heavy (non-hydrogen) atoms. The molecule has 3 fully saturated rings. The maximum atomic E-state index is 15.3. The highest BCUT2D eigenvalue weighted by Gasteiger charge is 2.80. The molecule has 1 saturated carbocycles. The van der Waals surface area contributed by atoms with Crippen LogP contribution in [-0.4, -0.2) is 143 Å². The number of ether oxygens (including phenoxy) is 4. The molecule has 3 aromatic heterocycles. The summed E-state index contributed by atoms with van der Waals surface area (Å²) in [4.78, 5) is 61.6. The highest BCUT2D eigenvalue weighted by atomic mass is 33.1. The van der Waals surface area contributed by atoms with E-state index in [-0.39, 0.29) is 12.0 Å². The number of hydrogen-bond acceptors (Lipinski definition) is 16. The minimum atomic E-state index is -2.30. The Morgan fingerprint density at radius 2 is 1.55 bits per heavy atom. The number of carbonyl (C=O) groups excluding carboxylic acids is 3. The Hall–Kier alpha value is -5.43. The minimum absolute atomic E-state index is 0.0986. The van der Waals surface area contributed by atoms with E-state index in [0.717, 1.165) is 43.5 Å². The summed E-state index contributed by atoms with van der Waals surface area (Å²) in [5, 5.41) is 28.3. The molecular weight excluding hydrogens is 965 g/mol. The van der Waals surface area contributed by atoms with Crippen molar-refractivity contribution < 1.29 is 43.5 Å². The lowest BCUT2D eigenvalue weighted by molar-refractivity contribution is -0.228. The zero-order valence-corrected chi connectivity index (χ0v) is 44.3. The van der Waals surface area contributed by atoms with Crippen molar-refractivity contribution in [2.45, 2.75) is 110 Å². The second-order valence-corrected chi connectivity index (χ2v) is 22.9. The van der Waals surface area contributed by atoms with Gasteiger partial charge >= 0.3 is 17.9 Å². The molecule has 386 valence electrons. The van der Waals surface area contributed by atoms with E-state index in [1.54, 1.807) is 41.1 Å². The number of anilines is 1. The summed E-state index contributed by atoms with van der Waals surface area (Å²) >= 11 is 0. The predicted molar refractivity (Wildman–Crippen MR) is 281 cm³/mol. The minimum Gasteiger partial charge on any atom is -0.496 e. The fraction of sp³-hybridized carbons (Fsp3) is 0.482. The molecule has 2 saturated heterocycles. The Morgan fingerprint density at radius 3 is 2.18 bits per heavy atom. The number of aliphatic hydroxyl groups is 2. The average molecular weight is 1030 g/mol. The van der Waals surface area contributed by atoms with Crippen LogP contribution in [0.5, 0.6) is 5.75 Å². The fourth-order valence-corrected chi connectivity index (χ4v) is 16.1. The van der Waals surface area contributed by atoms with Gasteiger partial charge in [-0.15, -0.1) is 0 Å². The smallest absolute Gasteiger partial charge is 0.344 e. The number of aromatic amines is 1. The van der Waals surface area contributed by atoms with Gasteiger partial charge in [0.1, 0.15) is 21.2 Å². The van der Waals surface area contributed by atoms with Gasteiger partial charge in [-0.25, -0.2) is 14.8 Å². The molecule has 1 aliphatic carbocycles.